The fourth-order valence-corrected chi connectivity index (χ4v) is 4.19. The van der Waals surface area contributed by atoms with Crippen molar-refractivity contribution in [3.05, 3.63) is 50.8 Å². The molecule has 9 heteroatoms. The van der Waals surface area contributed by atoms with Crippen molar-refractivity contribution in [1.29, 1.82) is 0 Å². The molecule has 0 atom stereocenters. The summed E-state index contributed by atoms with van der Waals surface area (Å²) in [6.45, 7) is 0.105. The number of halogens is 3. The molecule has 0 unspecified atom stereocenters. The van der Waals surface area contributed by atoms with Crippen molar-refractivity contribution < 1.29 is 13.6 Å². The molecule has 0 bridgehead atoms. The highest BCUT2D eigenvalue weighted by Gasteiger charge is 2.46. The molecule has 140 valence electrons. The second-order valence-electron chi connectivity index (χ2n) is 6.49. The third-order valence-corrected chi connectivity index (χ3v) is 5.65. The van der Waals surface area contributed by atoms with Gasteiger partial charge in [-0.05, 0) is 24.6 Å². The van der Waals surface area contributed by atoms with Crippen molar-refractivity contribution in [3.63, 3.8) is 0 Å². The molecule has 0 N–H and O–H groups in total. The molecule has 0 radical (unpaired) electrons. The maximum atomic E-state index is 13.0. The van der Waals surface area contributed by atoms with E-state index in [0.717, 1.165) is 10.5 Å². The maximum absolute atomic E-state index is 13.0. The van der Waals surface area contributed by atoms with Crippen LogP contribution >= 0.6 is 22.9 Å². The van der Waals surface area contributed by atoms with E-state index in [2.05, 4.69) is 4.98 Å². The summed E-state index contributed by atoms with van der Waals surface area (Å²) >= 11 is 7.26. The lowest BCUT2D eigenvalue weighted by Crippen LogP contribution is -2.59. The number of benzene rings is 1. The summed E-state index contributed by atoms with van der Waals surface area (Å²) in [6, 6.07) is 7.07. The predicted octanol–water partition coefficient (Wildman–Crippen LogP) is 3.56. The summed E-state index contributed by atoms with van der Waals surface area (Å²) in [7, 11) is 0. The molecule has 1 aliphatic heterocycles. The first-order chi connectivity index (χ1) is 12.7. The summed E-state index contributed by atoms with van der Waals surface area (Å²) < 4.78 is 27.2. The Morgan fingerprint density at radius 1 is 1.30 bits per heavy atom. The standard InChI is InChI=1S/C18H14ClF2N3O2S/c1-10-22-16-15(13(7-27-16)11-2-4-12(19)5-3-11)17(26)24(10)6-14(25)23-8-18(20,21)9-23/h2-5,7H,6,8-9H2,1H3. The minimum atomic E-state index is -2.84. The molecule has 27 heavy (non-hydrogen) atoms. The topological polar surface area (TPSA) is 55.2 Å². The summed E-state index contributed by atoms with van der Waals surface area (Å²) in [4.78, 5) is 31.3. The van der Waals surface area contributed by atoms with Crippen LogP contribution in [0.2, 0.25) is 5.02 Å². The molecule has 2 aromatic heterocycles. The number of carbonyl (C=O) groups is 1. The smallest absolute Gasteiger partial charge is 0.282 e. The fraction of sp³-hybridized carbons (Fsp3) is 0.278. The first kappa shape index (κ1) is 18.1. The van der Waals surface area contributed by atoms with Crippen molar-refractivity contribution >= 4 is 39.1 Å². The maximum Gasteiger partial charge on any atom is 0.282 e. The number of amides is 1. The van der Waals surface area contributed by atoms with Crippen LogP contribution < -0.4 is 5.56 Å². The van der Waals surface area contributed by atoms with Gasteiger partial charge in [0.1, 0.15) is 17.2 Å². The van der Waals surface area contributed by atoms with Crippen LogP contribution in [0.3, 0.4) is 0 Å². The van der Waals surface area contributed by atoms with Crippen LogP contribution in [0.15, 0.2) is 34.4 Å². The molecule has 0 aliphatic carbocycles. The lowest BCUT2D eigenvalue weighted by Gasteiger charge is -2.38. The highest BCUT2D eigenvalue weighted by Crippen LogP contribution is 2.32. The van der Waals surface area contributed by atoms with E-state index in [1.165, 1.54) is 15.9 Å². The minimum Gasteiger partial charge on any atom is -0.329 e. The van der Waals surface area contributed by atoms with Crippen LogP contribution in [0.1, 0.15) is 5.82 Å². The Balaban J connectivity index is 1.74. The van der Waals surface area contributed by atoms with E-state index in [0.29, 0.717) is 26.6 Å². The second-order valence-corrected chi connectivity index (χ2v) is 7.79. The Morgan fingerprint density at radius 3 is 2.59 bits per heavy atom. The van der Waals surface area contributed by atoms with Crippen molar-refractivity contribution in [3.8, 4) is 11.1 Å². The minimum absolute atomic E-state index is 0.306. The number of likely N-dealkylation sites (tertiary alicyclic amines) is 1. The zero-order chi connectivity index (χ0) is 19.3. The van der Waals surface area contributed by atoms with Crippen LogP contribution in [-0.4, -0.2) is 39.4 Å². The molecule has 1 aliphatic rings. The zero-order valence-electron chi connectivity index (χ0n) is 14.2. The van der Waals surface area contributed by atoms with Gasteiger partial charge in [-0.15, -0.1) is 11.3 Å². The van der Waals surface area contributed by atoms with E-state index < -0.39 is 24.9 Å². The molecule has 4 rings (SSSR count). The van der Waals surface area contributed by atoms with Crippen LogP contribution in [0.5, 0.6) is 0 Å². The van der Waals surface area contributed by atoms with Gasteiger partial charge in [0.15, 0.2) is 0 Å². The third-order valence-electron chi connectivity index (χ3n) is 4.53. The van der Waals surface area contributed by atoms with Crippen molar-refractivity contribution in [1.82, 2.24) is 14.5 Å². The number of carbonyl (C=O) groups excluding carboxylic acids is 1. The summed E-state index contributed by atoms with van der Waals surface area (Å²) in [5.41, 5.74) is 1.17. The van der Waals surface area contributed by atoms with Gasteiger partial charge in [-0.25, -0.2) is 13.8 Å². The number of hydrogen-bond acceptors (Lipinski definition) is 4. The van der Waals surface area contributed by atoms with E-state index in [1.807, 2.05) is 5.38 Å². The van der Waals surface area contributed by atoms with Crippen molar-refractivity contribution in [2.24, 2.45) is 0 Å². The molecule has 3 aromatic rings. The molecule has 1 saturated heterocycles. The van der Waals surface area contributed by atoms with Gasteiger partial charge in [0.05, 0.1) is 18.5 Å². The monoisotopic (exact) mass is 409 g/mol. The van der Waals surface area contributed by atoms with Gasteiger partial charge in [0.25, 0.3) is 11.5 Å². The lowest BCUT2D eigenvalue weighted by atomic mass is 10.1. The predicted molar refractivity (Wildman–Crippen MR) is 101 cm³/mol. The second kappa shape index (κ2) is 6.38. The summed E-state index contributed by atoms with van der Waals surface area (Å²) in [5.74, 6) is -2.99. The first-order valence-electron chi connectivity index (χ1n) is 8.15. The van der Waals surface area contributed by atoms with E-state index in [1.54, 1.807) is 31.2 Å². The van der Waals surface area contributed by atoms with Crippen LogP contribution in [0.25, 0.3) is 21.3 Å². The number of hydrogen-bond donors (Lipinski definition) is 0. The SMILES string of the molecule is Cc1nc2scc(-c3ccc(Cl)cc3)c2c(=O)n1CC(=O)N1CC(F)(F)C1. The molecule has 3 heterocycles. The highest BCUT2D eigenvalue weighted by molar-refractivity contribution is 7.17. The van der Waals surface area contributed by atoms with E-state index in [-0.39, 0.29) is 12.1 Å². The van der Waals surface area contributed by atoms with Crippen LogP contribution in [-0.2, 0) is 11.3 Å². The van der Waals surface area contributed by atoms with Crippen LogP contribution in [0.4, 0.5) is 8.78 Å². The number of aromatic nitrogens is 2. The summed E-state index contributed by atoms with van der Waals surface area (Å²) in [6.07, 6.45) is 0. The number of thiophene rings is 1. The Hall–Kier alpha value is -2.32. The Labute approximate surface area is 161 Å². The lowest BCUT2D eigenvalue weighted by molar-refractivity contribution is -0.166. The average Bonchev–Trinajstić information content (AvgIpc) is 3.00. The van der Waals surface area contributed by atoms with Gasteiger partial charge >= 0.3 is 0 Å². The van der Waals surface area contributed by atoms with Gasteiger partial charge in [0.2, 0.25) is 5.91 Å². The zero-order valence-corrected chi connectivity index (χ0v) is 15.8. The van der Waals surface area contributed by atoms with Gasteiger partial charge in [-0.1, -0.05) is 23.7 Å². The highest BCUT2D eigenvalue weighted by atomic mass is 35.5. The van der Waals surface area contributed by atoms with Gasteiger partial charge in [-0.3, -0.25) is 14.2 Å². The van der Waals surface area contributed by atoms with Crippen molar-refractivity contribution in [2.45, 2.75) is 19.4 Å². The number of nitrogens with zero attached hydrogens (tertiary/aromatic N) is 3. The molecule has 5 nitrogen and oxygen atoms in total. The average molecular weight is 410 g/mol. The van der Waals surface area contributed by atoms with Crippen molar-refractivity contribution in [2.75, 3.05) is 13.1 Å². The molecule has 1 amide bonds. The Morgan fingerprint density at radius 2 is 1.96 bits per heavy atom. The quantitative estimate of drug-likeness (QED) is 0.664. The van der Waals surface area contributed by atoms with Crippen LogP contribution in [0, 0.1) is 6.92 Å². The summed E-state index contributed by atoms with van der Waals surface area (Å²) in [5, 5.41) is 2.83. The van der Waals surface area contributed by atoms with Gasteiger partial charge in [-0.2, -0.15) is 0 Å². The molecule has 0 saturated carbocycles. The first-order valence-corrected chi connectivity index (χ1v) is 9.41. The third kappa shape index (κ3) is 3.23. The van der Waals surface area contributed by atoms with E-state index in [4.69, 9.17) is 11.6 Å². The number of rotatable bonds is 3. The number of fused-ring (bicyclic) bond motifs is 1. The number of aryl methyl sites for hydroxylation is 1. The Bertz CT molecular complexity index is 1100. The number of alkyl halides is 2. The largest absolute Gasteiger partial charge is 0.329 e. The van der Waals surface area contributed by atoms with E-state index in [9.17, 15) is 18.4 Å². The van der Waals surface area contributed by atoms with Gasteiger partial charge in [0, 0.05) is 16.0 Å². The molecular formula is C18H14ClF2N3O2S. The Kier molecular flexibility index (Phi) is 4.27. The fourth-order valence-electron chi connectivity index (χ4n) is 3.08. The van der Waals surface area contributed by atoms with E-state index >= 15 is 0 Å². The molecule has 0 spiro atoms. The molecular weight excluding hydrogens is 396 g/mol. The normalized spacial score (nSPS) is 15.8. The molecule has 1 fully saturated rings. The molecule has 1 aromatic carbocycles. The van der Waals surface area contributed by atoms with Gasteiger partial charge < -0.3 is 4.90 Å².